The summed E-state index contributed by atoms with van der Waals surface area (Å²) in [5.41, 5.74) is 3.28. The molecule has 0 saturated heterocycles. The highest BCUT2D eigenvalue weighted by atomic mass is 35.5. The number of anilines is 3. The fourth-order valence-electron chi connectivity index (χ4n) is 4.37. The molecule has 0 spiro atoms. The smallest absolute Gasteiger partial charge is 0.252 e. The summed E-state index contributed by atoms with van der Waals surface area (Å²) in [6.07, 6.45) is 0.133. The molecule has 1 aliphatic rings. The molecule has 0 aromatic heterocycles. The summed E-state index contributed by atoms with van der Waals surface area (Å²) in [4.78, 5) is 28.3. The molecule has 37 heavy (non-hydrogen) atoms. The highest BCUT2D eigenvalue weighted by Gasteiger charge is 2.36. The van der Waals surface area contributed by atoms with Gasteiger partial charge in [-0.25, -0.2) is 5.01 Å². The van der Waals surface area contributed by atoms with Crippen LogP contribution in [0.4, 0.5) is 17.1 Å². The number of hydrogen-bond acceptors (Lipinski definition) is 4. The highest BCUT2D eigenvalue weighted by Crippen LogP contribution is 2.36. The van der Waals surface area contributed by atoms with E-state index in [4.69, 9.17) is 16.7 Å². The molecule has 7 heteroatoms. The van der Waals surface area contributed by atoms with E-state index in [1.807, 2.05) is 95.9 Å². The number of nitrogens with zero attached hydrogens (tertiary/aromatic N) is 3. The molecule has 0 saturated carbocycles. The predicted molar refractivity (Wildman–Crippen MR) is 148 cm³/mol. The van der Waals surface area contributed by atoms with Gasteiger partial charge in [0.25, 0.3) is 5.91 Å². The third kappa shape index (κ3) is 5.55. The summed E-state index contributed by atoms with van der Waals surface area (Å²) < 4.78 is 0. The third-order valence-electron chi connectivity index (χ3n) is 6.08. The Kier molecular flexibility index (Phi) is 7.28. The van der Waals surface area contributed by atoms with Gasteiger partial charge in [-0.15, -0.1) is 0 Å². The highest BCUT2D eigenvalue weighted by molar-refractivity contribution is 6.33. The molecular formula is C30H25ClN4O2. The Morgan fingerprint density at radius 2 is 1.35 bits per heavy atom. The summed E-state index contributed by atoms with van der Waals surface area (Å²) >= 11 is 6.17. The number of hydrazone groups is 1. The van der Waals surface area contributed by atoms with Gasteiger partial charge in [0.2, 0.25) is 5.91 Å². The van der Waals surface area contributed by atoms with Crippen molar-refractivity contribution in [3.63, 3.8) is 0 Å². The molecule has 184 valence electrons. The Labute approximate surface area is 220 Å². The van der Waals surface area contributed by atoms with E-state index in [1.54, 1.807) is 24.3 Å². The van der Waals surface area contributed by atoms with E-state index in [2.05, 4.69) is 5.32 Å². The zero-order valence-electron chi connectivity index (χ0n) is 20.0. The maximum absolute atomic E-state index is 13.5. The molecule has 0 radical (unpaired) electrons. The van der Waals surface area contributed by atoms with Crippen LogP contribution in [0.2, 0.25) is 5.02 Å². The lowest BCUT2D eigenvalue weighted by atomic mass is 10.0. The van der Waals surface area contributed by atoms with E-state index in [9.17, 15) is 9.59 Å². The van der Waals surface area contributed by atoms with E-state index < -0.39 is 11.8 Å². The zero-order valence-corrected chi connectivity index (χ0v) is 20.8. The molecule has 0 fully saturated rings. The van der Waals surface area contributed by atoms with Crippen molar-refractivity contribution in [1.29, 1.82) is 0 Å². The van der Waals surface area contributed by atoms with E-state index in [0.29, 0.717) is 23.0 Å². The molecule has 1 N–H and O–H groups in total. The monoisotopic (exact) mass is 508 g/mol. The van der Waals surface area contributed by atoms with Crippen LogP contribution in [0.3, 0.4) is 0 Å². The number of carbonyl (C=O) groups excluding carboxylic acids is 2. The van der Waals surface area contributed by atoms with E-state index in [1.165, 1.54) is 5.01 Å². The molecule has 0 bridgehead atoms. The van der Waals surface area contributed by atoms with E-state index in [-0.39, 0.29) is 12.5 Å². The Morgan fingerprint density at radius 1 is 0.811 bits per heavy atom. The number of amides is 2. The first kappa shape index (κ1) is 24.3. The van der Waals surface area contributed by atoms with Crippen LogP contribution in [0.5, 0.6) is 0 Å². The van der Waals surface area contributed by atoms with Crippen molar-refractivity contribution < 1.29 is 9.59 Å². The molecule has 5 rings (SSSR count). The van der Waals surface area contributed by atoms with Crippen LogP contribution in [0.15, 0.2) is 120 Å². The minimum atomic E-state index is -0.448. The topological polar surface area (TPSA) is 65.0 Å². The van der Waals surface area contributed by atoms with Crippen LogP contribution < -0.4 is 10.2 Å². The van der Waals surface area contributed by atoms with Gasteiger partial charge < -0.3 is 5.32 Å². The molecule has 0 aliphatic carbocycles. The summed E-state index contributed by atoms with van der Waals surface area (Å²) in [5.74, 6) is -0.128. The molecule has 4 aromatic rings. The molecular weight excluding hydrogens is 484 g/mol. The number of para-hydroxylation sites is 3. The first-order valence-corrected chi connectivity index (χ1v) is 12.4. The normalized spacial score (nSPS) is 14.7. The summed E-state index contributed by atoms with van der Waals surface area (Å²) in [7, 11) is 0. The summed E-state index contributed by atoms with van der Waals surface area (Å²) in [6, 6.07) is 36.2. The Balaban J connectivity index is 1.46. The second-order valence-electron chi connectivity index (χ2n) is 8.60. The van der Waals surface area contributed by atoms with Crippen LogP contribution in [0.25, 0.3) is 0 Å². The molecule has 4 aromatic carbocycles. The zero-order chi connectivity index (χ0) is 25.6. The second kappa shape index (κ2) is 11.1. The van der Waals surface area contributed by atoms with Crippen molar-refractivity contribution in [1.82, 2.24) is 5.01 Å². The standard InChI is InChI=1S/C30H25ClN4O2/c31-25-18-10-11-19-26(25)32-29(36)21-30(37)35-27(22-12-4-1-5-13-22)20-28(33-35)34(23-14-6-2-7-15-23)24-16-8-3-9-17-24/h1-19,27H,20-21H2,(H,32,36)/t27-/m1/s1. The maximum Gasteiger partial charge on any atom is 0.252 e. The molecule has 1 atom stereocenters. The van der Waals surface area contributed by atoms with Crippen molar-refractivity contribution in [3.05, 3.63) is 126 Å². The van der Waals surface area contributed by atoms with Gasteiger partial charge in [0.15, 0.2) is 0 Å². The first-order chi connectivity index (χ1) is 18.1. The van der Waals surface area contributed by atoms with Gasteiger partial charge in [-0.1, -0.05) is 90.5 Å². The van der Waals surface area contributed by atoms with E-state index >= 15 is 0 Å². The Morgan fingerprint density at radius 3 is 1.95 bits per heavy atom. The van der Waals surface area contributed by atoms with Crippen LogP contribution in [-0.4, -0.2) is 22.7 Å². The quantitative estimate of drug-likeness (QED) is 0.291. The fraction of sp³-hybridized carbons (Fsp3) is 0.100. The molecule has 1 heterocycles. The van der Waals surface area contributed by atoms with Crippen molar-refractivity contribution in [2.75, 3.05) is 10.2 Å². The number of benzene rings is 4. The number of amidine groups is 1. The average molecular weight is 509 g/mol. The van der Waals surface area contributed by atoms with Gasteiger partial charge in [0.1, 0.15) is 12.3 Å². The van der Waals surface area contributed by atoms with Gasteiger partial charge in [-0.3, -0.25) is 14.5 Å². The summed E-state index contributed by atoms with van der Waals surface area (Å²) in [6.45, 7) is 0. The number of rotatable bonds is 6. The maximum atomic E-state index is 13.5. The predicted octanol–water partition coefficient (Wildman–Crippen LogP) is 6.79. The fourth-order valence-corrected chi connectivity index (χ4v) is 4.55. The minimum absolute atomic E-state index is 0.341. The van der Waals surface area contributed by atoms with Gasteiger partial charge in [-0.05, 0) is 42.0 Å². The molecule has 0 unspecified atom stereocenters. The van der Waals surface area contributed by atoms with E-state index in [0.717, 1.165) is 16.9 Å². The third-order valence-corrected chi connectivity index (χ3v) is 6.41. The Bertz CT molecular complexity index is 1370. The van der Waals surface area contributed by atoms with Crippen molar-refractivity contribution >= 4 is 46.3 Å². The second-order valence-corrected chi connectivity index (χ2v) is 9.00. The van der Waals surface area contributed by atoms with Crippen molar-refractivity contribution in [3.8, 4) is 0 Å². The number of hydrogen-bond donors (Lipinski definition) is 1. The molecule has 6 nitrogen and oxygen atoms in total. The molecule has 1 aliphatic heterocycles. The van der Waals surface area contributed by atoms with Crippen molar-refractivity contribution in [2.45, 2.75) is 18.9 Å². The lowest BCUT2D eigenvalue weighted by Gasteiger charge is -2.24. The van der Waals surface area contributed by atoms with Crippen LogP contribution >= 0.6 is 11.6 Å². The van der Waals surface area contributed by atoms with Gasteiger partial charge >= 0.3 is 0 Å². The largest absolute Gasteiger partial charge is 0.324 e. The average Bonchev–Trinajstić information content (AvgIpc) is 3.37. The minimum Gasteiger partial charge on any atom is -0.324 e. The number of carbonyl (C=O) groups is 2. The number of nitrogens with one attached hydrogen (secondary N) is 1. The van der Waals surface area contributed by atoms with Crippen LogP contribution in [0.1, 0.15) is 24.4 Å². The van der Waals surface area contributed by atoms with Gasteiger partial charge in [0.05, 0.1) is 16.8 Å². The SMILES string of the molecule is O=C(CC(=O)N1N=C(N(c2ccccc2)c2ccccc2)C[C@@H]1c1ccccc1)Nc1ccccc1Cl. The lowest BCUT2D eigenvalue weighted by Crippen LogP contribution is -2.30. The number of halogens is 1. The summed E-state index contributed by atoms with van der Waals surface area (Å²) in [5, 5.41) is 9.38. The van der Waals surface area contributed by atoms with Crippen molar-refractivity contribution in [2.24, 2.45) is 5.10 Å². The first-order valence-electron chi connectivity index (χ1n) is 12.0. The Hall–Kier alpha value is -4.42. The van der Waals surface area contributed by atoms with Crippen LogP contribution in [-0.2, 0) is 9.59 Å². The van der Waals surface area contributed by atoms with Gasteiger partial charge in [-0.2, -0.15) is 5.10 Å². The lowest BCUT2D eigenvalue weighted by molar-refractivity contribution is -0.136. The van der Waals surface area contributed by atoms with Gasteiger partial charge in [0, 0.05) is 17.8 Å². The van der Waals surface area contributed by atoms with Crippen LogP contribution in [0, 0.1) is 0 Å². The molecule has 2 amide bonds.